The molecule has 3 aromatic carbocycles. The number of nitrogens with one attached hydrogen (secondary N) is 2. The molecule has 1 saturated heterocycles. The van der Waals surface area contributed by atoms with E-state index in [2.05, 4.69) is 15.5 Å². The van der Waals surface area contributed by atoms with E-state index >= 15 is 0 Å². The second kappa shape index (κ2) is 14.9. The fraction of sp³-hybridized carbons (Fsp3) is 0.390. The molecular weight excluding hydrogens is 724 g/mol. The van der Waals surface area contributed by atoms with Crippen LogP contribution in [0.3, 0.4) is 0 Å². The van der Waals surface area contributed by atoms with Crippen molar-refractivity contribution in [3.8, 4) is 11.8 Å². The number of rotatable bonds is 7. The molecule has 1 saturated carbocycles. The molecule has 55 heavy (non-hydrogen) atoms. The van der Waals surface area contributed by atoms with Gasteiger partial charge in [-0.1, -0.05) is 17.7 Å². The van der Waals surface area contributed by atoms with E-state index in [0.717, 1.165) is 52.8 Å². The number of nitriles is 1. The highest BCUT2D eigenvalue weighted by atomic mass is 35.5. The van der Waals surface area contributed by atoms with Crippen molar-refractivity contribution in [2.45, 2.75) is 82.6 Å². The van der Waals surface area contributed by atoms with Crippen LogP contribution in [0.25, 0.3) is 0 Å². The van der Waals surface area contributed by atoms with Crippen LogP contribution in [0.2, 0.25) is 5.02 Å². The first-order chi connectivity index (χ1) is 26.5. The van der Waals surface area contributed by atoms with Crippen LogP contribution >= 0.6 is 11.6 Å². The third-order valence-electron chi connectivity index (χ3n) is 11.4. The third kappa shape index (κ3) is 7.32. The van der Waals surface area contributed by atoms with Gasteiger partial charge in [-0.05, 0) is 104 Å². The number of hydrogen-bond donors (Lipinski definition) is 2. The minimum atomic E-state index is -1.03. The Morgan fingerprint density at radius 3 is 2.29 bits per heavy atom. The van der Waals surface area contributed by atoms with Gasteiger partial charge in [0.25, 0.3) is 17.7 Å². The second-order valence-corrected chi connectivity index (χ2v) is 15.3. The Morgan fingerprint density at radius 2 is 1.56 bits per heavy atom. The van der Waals surface area contributed by atoms with Crippen LogP contribution < -0.4 is 15.4 Å². The van der Waals surface area contributed by atoms with Crippen molar-refractivity contribution in [1.82, 2.24) is 25.3 Å². The zero-order valence-corrected chi connectivity index (χ0v) is 30.8. The highest BCUT2D eigenvalue weighted by Crippen LogP contribution is 2.33. The molecule has 2 N–H and O–H groups in total. The first-order valence-electron chi connectivity index (χ1n) is 18.7. The van der Waals surface area contributed by atoms with E-state index in [9.17, 15) is 28.8 Å². The highest BCUT2D eigenvalue weighted by Gasteiger charge is 2.45. The molecule has 3 aromatic rings. The van der Waals surface area contributed by atoms with Gasteiger partial charge in [-0.15, -0.1) is 0 Å². The molecule has 13 nitrogen and oxygen atoms in total. The Kier molecular flexibility index (Phi) is 9.88. The highest BCUT2D eigenvalue weighted by molar-refractivity contribution is 6.31. The lowest BCUT2D eigenvalue weighted by molar-refractivity contribution is -0.136. The number of piperidine rings is 1. The lowest BCUT2D eigenvalue weighted by atomic mass is 9.92. The van der Waals surface area contributed by atoms with Crippen LogP contribution in [0, 0.1) is 11.3 Å². The molecule has 6 amide bonds. The average Bonchev–Trinajstić information content (AvgIpc) is 3.41. The molecule has 0 aromatic heterocycles. The Hall–Kier alpha value is -5.58. The van der Waals surface area contributed by atoms with Gasteiger partial charge in [0.2, 0.25) is 17.7 Å². The van der Waals surface area contributed by atoms with Crippen LogP contribution in [-0.2, 0) is 40.3 Å². The molecule has 0 bridgehead atoms. The maximum absolute atomic E-state index is 13.5. The zero-order valence-electron chi connectivity index (χ0n) is 30.1. The second-order valence-electron chi connectivity index (χ2n) is 14.9. The largest absolute Gasteiger partial charge is 0.490 e. The average molecular weight is 763 g/mol. The predicted molar refractivity (Wildman–Crippen MR) is 198 cm³/mol. The Bertz CT molecular complexity index is 2190. The standard InChI is InChI=1S/C41H39ClN6O7/c42-34-18-31(6-3-26(34)19-43)55-30-7-4-29(5-8-30)44-38(51)25-1-2-27-20-46(13-11-23(27)15-25)22-37(50)47-14-12-24-16-32-33(17-28(24)21-47)41(54)48(40(32)53)35-9-10-36(49)45-39(35)52/h1-3,6,15-18,29-30,35H,4-5,7-14,20-22H2,(H,44,51)(H,45,49,52). The summed E-state index contributed by atoms with van der Waals surface area (Å²) in [5.41, 5.74) is 5.37. The lowest BCUT2D eigenvalue weighted by Crippen LogP contribution is -2.54. The van der Waals surface area contributed by atoms with E-state index in [1.807, 2.05) is 24.3 Å². The minimum Gasteiger partial charge on any atom is -0.490 e. The molecular formula is C41H39ClN6O7. The summed E-state index contributed by atoms with van der Waals surface area (Å²) in [5, 5.41) is 14.9. The summed E-state index contributed by atoms with van der Waals surface area (Å²) >= 11 is 6.15. The first kappa shape index (κ1) is 36.4. The van der Waals surface area contributed by atoms with E-state index in [0.29, 0.717) is 60.9 Å². The van der Waals surface area contributed by atoms with Crippen LogP contribution in [-0.4, -0.2) is 88.0 Å². The van der Waals surface area contributed by atoms with Crippen molar-refractivity contribution in [3.05, 3.63) is 98.1 Å². The number of imide groups is 2. The van der Waals surface area contributed by atoms with Gasteiger partial charge in [-0.25, -0.2) is 0 Å². The normalized spacial score (nSPS) is 22.3. The van der Waals surface area contributed by atoms with Gasteiger partial charge in [0, 0.05) is 50.3 Å². The first-order valence-corrected chi connectivity index (χ1v) is 19.1. The van der Waals surface area contributed by atoms with Crippen molar-refractivity contribution < 1.29 is 33.5 Å². The summed E-state index contributed by atoms with van der Waals surface area (Å²) in [6.45, 7) is 2.27. The Morgan fingerprint density at radius 1 is 0.836 bits per heavy atom. The van der Waals surface area contributed by atoms with Gasteiger partial charge in [-0.3, -0.25) is 43.9 Å². The number of hydrogen-bond acceptors (Lipinski definition) is 9. The van der Waals surface area contributed by atoms with E-state index in [-0.39, 0.29) is 54.5 Å². The van der Waals surface area contributed by atoms with E-state index in [4.69, 9.17) is 21.6 Å². The number of nitrogens with zero attached hydrogens (tertiary/aromatic N) is 4. The van der Waals surface area contributed by atoms with Gasteiger partial charge < -0.3 is 15.0 Å². The van der Waals surface area contributed by atoms with Gasteiger partial charge in [-0.2, -0.15) is 5.26 Å². The summed E-state index contributed by atoms with van der Waals surface area (Å²) in [7, 11) is 0. The Balaban J connectivity index is 0.826. The summed E-state index contributed by atoms with van der Waals surface area (Å²) in [6, 6.07) is 15.3. The minimum absolute atomic E-state index is 0.0136. The molecule has 4 aliphatic heterocycles. The molecule has 2 fully saturated rings. The van der Waals surface area contributed by atoms with Crippen molar-refractivity contribution in [2.75, 3.05) is 19.6 Å². The number of amides is 6. The van der Waals surface area contributed by atoms with Gasteiger partial charge in [0.1, 0.15) is 17.9 Å². The third-order valence-corrected chi connectivity index (χ3v) is 11.7. The van der Waals surface area contributed by atoms with Crippen LogP contribution in [0.15, 0.2) is 48.5 Å². The molecule has 8 rings (SSSR count). The van der Waals surface area contributed by atoms with Crippen molar-refractivity contribution in [1.29, 1.82) is 5.26 Å². The fourth-order valence-corrected chi connectivity index (χ4v) is 8.58. The number of fused-ring (bicyclic) bond motifs is 3. The van der Waals surface area contributed by atoms with Crippen LogP contribution in [0.4, 0.5) is 0 Å². The number of ether oxygens (including phenoxy) is 1. The molecule has 5 aliphatic rings. The van der Waals surface area contributed by atoms with Crippen molar-refractivity contribution in [2.24, 2.45) is 0 Å². The number of benzene rings is 3. The van der Waals surface area contributed by atoms with Crippen molar-refractivity contribution >= 4 is 47.0 Å². The smallest absolute Gasteiger partial charge is 0.262 e. The van der Waals surface area contributed by atoms with Gasteiger partial charge in [0.05, 0.1) is 34.4 Å². The van der Waals surface area contributed by atoms with Crippen LogP contribution in [0.5, 0.6) is 5.75 Å². The number of carbonyl (C=O) groups excluding carboxylic acids is 6. The van der Waals surface area contributed by atoms with Crippen LogP contribution in [0.1, 0.15) is 97.4 Å². The number of halogens is 1. The van der Waals surface area contributed by atoms with Gasteiger partial charge >= 0.3 is 0 Å². The van der Waals surface area contributed by atoms with Gasteiger partial charge in [0.15, 0.2) is 0 Å². The SMILES string of the molecule is N#Cc1ccc(OC2CCC(NC(=O)c3ccc4c(c3)CCN(CC(=O)N3CCc5cc6c(cc5C3)C(=O)N(C3CCC(=O)NC3=O)C6=O)C4)CC2)cc1Cl. The number of carbonyl (C=O) groups is 6. The molecule has 0 radical (unpaired) electrons. The molecule has 282 valence electrons. The molecule has 1 unspecified atom stereocenters. The van der Waals surface area contributed by atoms with E-state index < -0.39 is 29.7 Å². The summed E-state index contributed by atoms with van der Waals surface area (Å²) in [4.78, 5) is 82.3. The molecule has 1 atom stereocenters. The zero-order chi connectivity index (χ0) is 38.4. The summed E-state index contributed by atoms with van der Waals surface area (Å²) < 4.78 is 6.09. The maximum Gasteiger partial charge on any atom is 0.262 e. The van der Waals surface area contributed by atoms with E-state index in [1.54, 1.807) is 35.2 Å². The molecule has 0 spiro atoms. The predicted octanol–water partition coefficient (Wildman–Crippen LogP) is 3.68. The fourth-order valence-electron chi connectivity index (χ4n) is 8.36. The molecule has 4 heterocycles. The quantitative estimate of drug-likeness (QED) is 0.341. The van der Waals surface area contributed by atoms with E-state index in [1.165, 1.54) is 0 Å². The maximum atomic E-state index is 13.5. The summed E-state index contributed by atoms with van der Waals surface area (Å²) in [5.74, 6) is -1.67. The lowest BCUT2D eigenvalue weighted by Gasteiger charge is -2.33. The molecule has 14 heteroatoms. The molecule has 1 aliphatic carbocycles. The monoisotopic (exact) mass is 762 g/mol. The topological polar surface area (TPSA) is 169 Å². The van der Waals surface area contributed by atoms with Crippen molar-refractivity contribution in [3.63, 3.8) is 0 Å². The summed E-state index contributed by atoms with van der Waals surface area (Å²) in [6.07, 6.45) is 4.57. The Labute approximate surface area is 322 Å².